The summed E-state index contributed by atoms with van der Waals surface area (Å²) in [6, 6.07) is 12.8. The SMILES string of the molecule is COc1cc(COc2ccccc2C(C=O)CC(N)C(Cl)N2CCC(OC)CC2)cc(OC)c1. The highest BCUT2D eigenvalue weighted by molar-refractivity contribution is 6.20. The number of hydrogen-bond acceptors (Lipinski definition) is 7. The number of aldehydes is 1. The van der Waals surface area contributed by atoms with Crippen LogP contribution in [0.1, 0.15) is 36.3 Å². The van der Waals surface area contributed by atoms with Crippen molar-refractivity contribution in [3.8, 4) is 17.2 Å². The minimum atomic E-state index is -0.427. The van der Waals surface area contributed by atoms with Crippen molar-refractivity contribution in [1.29, 1.82) is 0 Å². The molecular weight excluding hydrogens is 456 g/mol. The van der Waals surface area contributed by atoms with Crippen LogP contribution in [0.2, 0.25) is 0 Å². The fourth-order valence-electron chi connectivity index (χ4n) is 4.32. The molecule has 2 aromatic rings. The Hall–Kier alpha value is -2.32. The molecule has 2 N–H and O–H groups in total. The molecule has 34 heavy (non-hydrogen) atoms. The van der Waals surface area contributed by atoms with Gasteiger partial charge in [0.2, 0.25) is 0 Å². The predicted molar refractivity (Wildman–Crippen MR) is 133 cm³/mol. The second-order valence-electron chi connectivity index (χ2n) is 8.53. The highest BCUT2D eigenvalue weighted by Gasteiger charge is 2.30. The summed E-state index contributed by atoms with van der Waals surface area (Å²) < 4.78 is 22.2. The maximum atomic E-state index is 12.1. The fraction of sp³-hybridized carbons (Fsp3) is 0.500. The van der Waals surface area contributed by atoms with E-state index in [-0.39, 0.29) is 17.6 Å². The Labute approximate surface area is 207 Å². The monoisotopic (exact) mass is 490 g/mol. The molecule has 7 nitrogen and oxygen atoms in total. The van der Waals surface area contributed by atoms with Crippen LogP contribution in [0.5, 0.6) is 17.2 Å². The number of halogens is 1. The Morgan fingerprint density at radius 1 is 1.09 bits per heavy atom. The zero-order valence-electron chi connectivity index (χ0n) is 20.1. The molecule has 1 fully saturated rings. The lowest BCUT2D eigenvalue weighted by Crippen LogP contribution is -2.49. The van der Waals surface area contributed by atoms with Crippen LogP contribution in [0.15, 0.2) is 42.5 Å². The number of alkyl halides is 1. The number of benzene rings is 2. The van der Waals surface area contributed by atoms with Crippen molar-refractivity contribution in [2.45, 2.75) is 49.4 Å². The van der Waals surface area contributed by atoms with E-state index < -0.39 is 5.92 Å². The van der Waals surface area contributed by atoms with Crippen molar-refractivity contribution in [2.75, 3.05) is 34.4 Å². The Bertz CT molecular complexity index is 898. The summed E-state index contributed by atoms with van der Waals surface area (Å²) in [6.45, 7) is 1.96. The summed E-state index contributed by atoms with van der Waals surface area (Å²) in [6.07, 6.45) is 3.48. The number of nitrogens with zero attached hydrogens (tertiary/aromatic N) is 1. The fourth-order valence-corrected chi connectivity index (χ4v) is 4.62. The van der Waals surface area contributed by atoms with Gasteiger partial charge in [0.05, 0.1) is 20.3 Å². The van der Waals surface area contributed by atoms with Gasteiger partial charge >= 0.3 is 0 Å². The van der Waals surface area contributed by atoms with E-state index in [0.717, 1.165) is 43.3 Å². The predicted octanol–water partition coefficient (Wildman–Crippen LogP) is 3.96. The van der Waals surface area contributed by atoms with E-state index in [4.69, 9.17) is 36.3 Å². The van der Waals surface area contributed by atoms with Crippen LogP contribution in [-0.2, 0) is 16.1 Å². The number of ether oxygens (including phenoxy) is 4. The molecule has 1 aliphatic rings. The number of piperidine rings is 1. The van der Waals surface area contributed by atoms with Crippen molar-refractivity contribution in [3.63, 3.8) is 0 Å². The van der Waals surface area contributed by atoms with Gasteiger partial charge in [-0.1, -0.05) is 18.2 Å². The first kappa shape index (κ1) is 26.3. The maximum Gasteiger partial charge on any atom is 0.127 e. The number of carbonyl (C=O) groups excluding carboxylic acids is 1. The zero-order valence-corrected chi connectivity index (χ0v) is 20.9. The average Bonchev–Trinajstić information content (AvgIpc) is 2.89. The Morgan fingerprint density at radius 2 is 1.74 bits per heavy atom. The first-order valence-corrected chi connectivity index (χ1v) is 12.0. The van der Waals surface area contributed by atoms with Crippen molar-refractivity contribution in [3.05, 3.63) is 53.6 Å². The molecule has 0 aromatic heterocycles. The van der Waals surface area contributed by atoms with E-state index in [2.05, 4.69) is 4.90 Å². The van der Waals surface area contributed by atoms with Gasteiger partial charge in [-0.2, -0.15) is 0 Å². The van der Waals surface area contributed by atoms with E-state index in [1.54, 1.807) is 21.3 Å². The second-order valence-corrected chi connectivity index (χ2v) is 8.98. The normalized spacial score (nSPS) is 17.6. The van der Waals surface area contributed by atoms with Crippen LogP contribution in [0, 0.1) is 0 Å². The molecule has 2 aromatic carbocycles. The van der Waals surface area contributed by atoms with Crippen LogP contribution in [0.3, 0.4) is 0 Å². The van der Waals surface area contributed by atoms with Gasteiger partial charge in [0.1, 0.15) is 35.6 Å². The standard InChI is InChI=1S/C26H35ClN2O5/c1-31-20-8-10-29(11-9-20)26(27)24(28)14-19(16-30)23-6-4-5-7-25(23)34-17-18-12-21(32-2)15-22(13-18)33-3/h4-7,12-13,15-16,19-20,24,26H,8-11,14,17,28H2,1-3H3. The van der Waals surface area contributed by atoms with E-state index in [1.165, 1.54) is 0 Å². The molecule has 3 atom stereocenters. The van der Waals surface area contributed by atoms with E-state index in [9.17, 15) is 4.79 Å². The number of likely N-dealkylation sites (tertiary alicyclic amines) is 1. The summed E-state index contributed by atoms with van der Waals surface area (Å²) in [5.74, 6) is 1.58. The van der Waals surface area contributed by atoms with Gasteiger partial charge < -0.3 is 29.5 Å². The summed E-state index contributed by atoms with van der Waals surface area (Å²) in [4.78, 5) is 14.3. The Morgan fingerprint density at radius 3 is 2.32 bits per heavy atom. The van der Waals surface area contributed by atoms with Crippen LogP contribution in [-0.4, -0.2) is 63.3 Å². The van der Waals surface area contributed by atoms with Crippen molar-refractivity contribution >= 4 is 17.9 Å². The summed E-state index contributed by atoms with van der Waals surface area (Å²) in [5.41, 5.74) is 7.82. The molecule has 0 amide bonds. The van der Waals surface area contributed by atoms with Gasteiger partial charge in [-0.05, 0) is 43.0 Å². The van der Waals surface area contributed by atoms with Gasteiger partial charge in [-0.25, -0.2) is 0 Å². The van der Waals surface area contributed by atoms with Crippen LogP contribution >= 0.6 is 11.6 Å². The van der Waals surface area contributed by atoms with Gasteiger partial charge in [0.15, 0.2) is 0 Å². The lowest BCUT2D eigenvalue weighted by atomic mass is 9.92. The summed E-state index contributed by atoms with van der Waals surface area (Å²) in [5, 5.41) is 0. The number of methoxy groups -OCH3 is 3. The van der Waals surface area contributed by atoms with Crippen LogP contribution < -0.4 is 19.9 Å². The van der Waals surface area contributed by atoms with Gasteiger partial charge in [0, 0.05) is 43.8 Å². The molecule has 0 radical (unpaired) electrons. The summed E-state index contributed by atoms with van der Waals surface area (Å²) in [7, 11) is 4.95. The number of hydrogen-bond donors (Lipinski definition) is 1. The molecule has 8 heteroatoms. The number of nitrogens with two attached hydrogens (primary N) is 1. The average molecular weight is 491 g/mol. The third-order valence-electron chi connectivity index (χ3n) is 6.33. The van der Waals surface area contributed by atoms with Crippen molar-refractivity contribution in [1.82, 2.24) is 4.90 Å². The molecule has 0 spiro atoms. The molecule has 1 aliphatic heterocycles. The van der Waals surface area contributed by atoms with Gasteiger partial charge in [-0.15, -0.1) is 11.6 Å². The van der Waals surface area contributed by atoms with Crippen molar-refractivity contribution in [2.24, 2.45) is 5.73 Å². The first-order valence-electron chi connectivity index (χ1n) is 11.5. The Balaban J connectivity index is 1.67. The van der Waals surface area contributed by atoms with Crippen LogP contribution in [0.25, 0.3) is 0 Å². The van der Waals surface area contributed by atoms with Crippen molar-refractivity contribution < 1.29 is 23.7 Å². The molecule has 3 unspecified atom stereocenters. The molecule has 1 saturated heterocycles. The molecular formula is C26H35ClN2O5. The number of rotatable bonds is 12. The first-order chi connectivity index (χ1) is 16.5. The topological polar surface area (TPSA) is 83.2 Å². The largest absolute Gasteiger partial charge is 0.497 e. The quantitative estimate of drug-likeness (QED) is 0.274. The summed E-state index contributed by atoms with van der Waals surface area (Å²) >= 11 is 6.72. The molecule has 3 rings (SSSR count). The highest BCUT2D eigenvalue weighted by atomic mass is 35.5. The maximum absolute atomic E-state index is 12.1. The third-order valence-corrected chi connectivity index (χ3v) is 6.93. The van der Waals surface area contributed by atoms with E-state index >= 15 is 0 Å². The second kappa shape index (κ2) is 13.0. The third kappa shape index (κ3) is 6.85. The lowest BCUT2D eigenvalue weighted by molar-refractivity contribution is -0.109. The Kier molecular flexibility index (Phi) is 10.0. The highest BCUT2D eigenvalue weighted by Crippen LogP contribution is 2.32. The zero-order chi connectivity index (χ0) is 24.5. The van der Waals surface area contributed by atoms with Gasteiger partial charge in [0.25, 0.3) is 0 Å². The number of para-hydroxylation sites is 1. The molecule has 1 heterocycles. The molecule has 186 valence electrons. The van der Waals surface area contributed by atoms with Gasteiger partial charge in [-0.3, -0.25) is 4.90 Å². The van der Waals surface area contributed by atoms with E-state index in [0.29, 0.717) is 30.3 Å². The molecule has 0 saturated carbocycles. The minimum absolute atomic E-state index is 0.271. The smallest absolute Gasteiger partial charge is 0.127 e. The molecule has 0 aliphatic carbocycles. The molecule has 0 bridgehead atoms. The number of carbonyl (C=O) groups is 1. The van der Waals surface area contributed by atoms with Crippen LogP contribution in [0.4, 0.5) is 0 Å². The minimum Gasteiger partial charge on any atom is -0.497 e. The van der Waals surface area contributed by atoms with E-state index in [1.807, 2.05) is 42.5 Å². The lowest BCUT2D eigenvalue weighted by Gasteiger charge is -2.37.